The van der Waals surface area contributed by atoms with E-state index in [4.69, 9.17) is 0 Å². The third-order valence-corrected chi connectivity index (χ3v) is 5.27. The van der Waals surface area contributed by atoms with Crippen molar-refractivity contribution in [2.24, 2.45) is 11.8 Å². The molecule has 3 rings (SSSR count). The first-order valence-corrected chi connectivity index (χ1v) is 8.79. The van der Waals surface area contributed by atoms with Crippen LogP contribution in [0.4, 0.5) is 11.4 Å². The molecular formula is C18H21N3O5. The Labute approximate surface area is 150 Å². The van der Waals surface area contributed by atoms with Gasteiger partial charge in [-0.05, 0) is 25.8 Å². The van der Waals surface area contributed by atoms with Crippen molar-refractivity contribution < 1.29 is 19.3 Å². The predicted molar refractivity (Wildman–Crippen MR) is 93.2 cm³/mol. The number of fused-ring (bicyclic) bond motifs is 1. The van der Waals surface area contributed by atoms with E-state index in [1.54, 1.807) is 13.0 Å². The highest BCUT2D eigenvalue weighted by molar-refractivity contribution is 6.05. The fourth-order valence-electron chi connectivity index (χ4n) is 3.83. The van der Waals surface area contributed by atoms with Crippen LogP contribution in [0.15, 0.2) is 18.2 Å². The monoisotopic (exact) mass is 359 g/mol. The molecule has 1 N–H and O–H groups in total. The zero-order valence-corrected chi connectivity index (χ0v) is 14.6. The summed E-state index contributed by atoms with van der Waals surface area (Å²) >= 11 is 0. The summed E-state index contributed by atoms with van der Waals surface area (Å²) in [7, 11) is 0. The molecule has 2 aliphatic rings. The molecule has 0 aromatic heterocycles. The third kappa shape index (κ3) is 3.31. The molecule has 3 amide bonds. The van der Waals surface area contributed by atoms with Crippen molar-refractivity contribution in [2.75, 3.05) is 11.9 Å². The second-order valence-corrected chi connectivity index (χ2v) is 6.83. The number of nitro groups is 1. The SMILES string of the molecule is Cc1c(NC(=O)CCN2C(=O)[C@H]3CCCC[C@H]3C2=O)cccc1[N+](=O)[O-]. The number of imide groups is 1. The zero-order valence-electron chi connectivity index (χ0n) is 14.6. The normalized spacial score (nSPS) is 22.3. The lowest BCUT2D eigenvalue weighted by Crippen LogP contribution is -2.34. The number of anilines is 1. The number of carbonyl (C=O) groups excluding carboxylic acids is 3. The summed E-state index contributed by atoms with van der Waals surface area (Å²) in [6.07, 6.45) is 3.37. The molecule has 1 aliphatic heterocycles. The summed E-state index contributed by atoms with van der Waals surface area (Å²) in [6.45, 7) is 1.61. The molecule has 1 aromatic carbocycles. The maximum absolute atomic E-state index is 12.4. The molecule has 1 aliphatic carbocycles. The molecule has 8 nitrogen and oxygen atoms in total. The number of benzene rings is 1. The molecule has 0 unspecified atom stereocenters. The standard InChI is InChI=1S/C18H21N3O5/c1-11-14(7-4-8-15(11)21(25)26)19-16(22)9-10-20-17(23)12-5-2-3-6-13(12)18(20)24/h4,7-8,12-13H,2-3,5-6,9-10H2,1H3,(H,19,22)/t12-,13+. The number of amides is 3. The van der Waals surface area contributed by atoms with E-state index < -0.39 is 4.92 Å². The number of hydrogen-bond donors (Lipinski definition) is 1. The summed E-state index contributed by atoms with van der Waals surface area (Å²) in [5.74, 6) is -1.17. The van der Waals surface area contributed by atoms with Crippen LogP contribution >= 0.6 is 0 Å². The minimum absolute atomic E-state index is 0.0287. The molecule has 138 valence electrons. The number of nitro benzene ring substituents is 1. The first-order valence-electron chi connectivity index (χ1n) is 8.79. The van der Waals surface area contributed by atoms with Gasteiger partial charge in [-0.15, -0.1) is 0 Å². The van der Waals surface area contributed by atoms with Crippen molar-refractivity contribution in [3.05, 3.63) is 33.9 Å². The molecule has 1 saturated carbocycles. The highest BCUT2D eigenvalue weighted by atomic mass is 16.6. The number of nitrogens with zero attached hydrogens (tertiary/aromatic N) is 2. The molecule has 26 heavy (non-hydrogen) atoms. The summed E-state index contributed by atoms with van der Waals surface area (Å²) in [5.41, 5.74) is 0.652. The van der Waals surface area contributed by atoms with Crippen molar-refractivity contribution in [3.8, 4) is 0 Å². The van der Waals surface area contributed by atoms with Crippen LogP contribution in [0.5, 0.6) is 0 Å². The van der Waals surface area contributed by atoms with Gasteiger partial charge in [0.25, 0.3) is 5.69 Å². The number of rotatable bonds is 5. The van der Waals surface area contributed by atoms with Gasteiger partial charge in [-0.1, -0.05) is 18.9 Å². The molecule has 0 spiro atoms. The lowest BCUT2D eigenvalue weighted by Gasteiger charge is -2.19. The fourth-order valence-corrected chi connectivity index (χ4v) is 3.83. The second kappa shape index (κ2) is 7.23. The van der Waals surface area contributed by atoms with E-state index in [9.17, 15) is 24.5 Å². The van der Waals surface area contributed by atoms with Gasteiger partial charge in [0.2, 0.25) is 17.7 Å². The molecule has 1 saturated heterocycles. The van der Waals surface area contributed by atoms with Gasteiger partial charge in [0.1, 0.15) is 0 Å². The third-order valence-electron chi connectivity index (χ3n) is 5.27. The maximum Gasteiger partial charge on any atom is 0.274 e. The Morgan fingerprint density at radius 3 is 2.42 bits per heavy atom. The van der Waals surface area contributed by atoms with Gasteiger partial charge >= 0.3 is 0 Å². The summed E-state index contributed by atoms with van der Waals surface area (Å²) in [6, 6.07) is 4.45. The Morgan fingerprint density at radius 2 is 1.85 bits per heavy atom. The van der Waals surface area contributed by atoms with E-state index in [0.717, 1.165) is 25.7 Å². The van der Waals surface area contributed by atoms with Crippen molar-refractivity contribution in [3.63, 3.8) is 0 Å². The number of hydrogen-bond acceptors (Lipinski definition) is 5. The van der Waals surface area contributed by atoms with Gasteiger partial charge in [-0.3, -0.25) is 29.4 Å². The van der Waals surface area contributed by atoms with Gasteiger partial charge in [0.05, 0.1) is 28.0 Å². The van der Waals surface area contributed by atoms with Crippen LogP contribution in [0, 0.1) is 28.9 Å². The predicted octanol–water partition coefficient (Wildman–Crippen LogP) is 2.41. The average molecular weight is 359 g/mol. The van der Waals surface area contributed by atoms with Crippen molar-refractivity contribution in [1.29, 1.82) is 0 Å². The molecular weight excluding hydrogens is 338 g/mol. The lowest BCUT2D eigenvalue weighted by molar-refractivity contribution is -0.385. The van der Waals surface area contributed by atoms with Crippen LogP contribution in [-0.4, -0.2) is 34.1 Å². The molecule has 1 aromatic rings. The van der Waals surface area contributed by atoms with E-state index in [0.29, 0.717) is 11.3 Å². The zero-order chi connectivity index (χ0) is 18.8. The van der Waals surface area contributed by atoms with Gasteiger partial charge in [0, 0.05) is 19.0 Å². The molecule has 8 heteroatoms. The first kappa shape index (κ1) is 18.0. The van der Waals surface area contributed by atoms with Crippen LogP contribution in [-0.2, 0) is 14.4 Å². The highest BCUT2D eigenvalue weighted by Crippen LogP contribution is 2.38. The molecule has 2 atom stereocenters. The highest BCUT2D eigenvalue weighted by Gasteiger charge is 2.47. The van der Waals surface area contributed by atoms with Crippen LogP contribution in [0.2, 0.25) is 0 Å². The molecule has 0 bridgehead atoms. The molecule has 0 radical (unpaired) electrons. The quantitative estimate of drug-likeness (QED) is 0.493. The Morgan fingerprint density at radius 1 is 1.23 bits per heavy atom. The van der Waals surface area contributed by atoms with E-state index in [-0.39, 0.29) is 48.2 Å². The summed E-state index contributed by atoms with van der Waals surface area (Å²) in [5, 5.41) is 13.6. The van der Waals surface area contributed by atoms with Crippen LogP contribution < -0.4 is 5.32 Å². The van der Waals surface area contributed by atoms with Gasteiger partial charge in [-0.25, -0.2) is 0 Å². The minimum atomic E-state index is -0.506. The molecule has 1 heterocycles. The van der Waals surface area contributed by atoms with Gasteiger partial charge in [-0.2, -0.15) is 0 Å². The Hall–Kier alpha value is -2.77. The van der Waals surface area contributed by atoms with Crippen molar-refractivity contribution in [2.45, 2.75) is 39.0 Å². The number of carbonyl (C=O) groups is 3. The number of likely N-dealkylation sites (tertiary alicyclic amines) is 1. The van der Waals surface area contributed by atoms with E-state index in [2.05, 4.69) is 5.32 Å². The smallest absolute Gasteiger partial charge is 0.274 e. The van der Waals surface area contributed by atoms with E-state index in [1.807, 2.05) is 0 Å². The minimum Gasteiger partial charge on any atom is -0.326 e. The molecule has 2 fully saturated rings. The summed E-state index contributed by atoms with van der Waals surface area (Å²) in [4.78, 5) is 48.7. The van der Waals surface area contributed by atoms with Crippen molar-refractivity contribution in [1.82, 2.24) is 4.90 Å². The van der Waals surface area contributed by atoms with Crippen molar-refractivity contribution >= 4 is 29.1 Å². The Bertz CT molecular complexity index is 752. The van der Waals surface area contributed by atoms with Crippen LogP contribution in [0.3, 0.4) is 0 Å². The Balaban J connectivity index is 1.61. The van der Waals surface area contributed by atoms with Gasteiger partial charge in [0.15, 0.2) is 0 Å². The number of nitrogens with one attached hydrogen (secondary N) is 1. The second-order valence-electron chi connectivity index (χ2n) is 6.83. The average Bonchev–Trinajstić information content (AvgIpc) is 2.86. The van der Waals surface area contributed by atoms with E-state index in [1.165, 1.54) is 17.0 Å². The fraction of sp³-hybridized carbons (Fsp3) is 0.500. The maximum atomic E-state index is 12.4. The first-order chi connectivity index (χ1) is 12.4. The van der Waals surface area contributed by atoms with Gasteiger partial charge < -0.3 is 5.32 Å². The lowest BCUT2D eigenvalue weighted by atomic mass is 9.81. The van der Waals surface area contributed by atoms with E-state index >= 15 is 0 Å². The van der Waals surface area contributed by atoms with Crippen LogP contribution in [0.1, 0.15) is 37.7 Å². The summed E-state index contributed by atoms with van der Waals surface area (Å²) < 4.78 is 0. The Kier molecular flexibility index (Phi) is 5.01. The van der Waals surface area contributed by atoms with Crippen LogP contribution in [0.25, 0.3) is 0 Å². The largest absolute Gasteiger partial charge is 0.326 e. The topological polar surface area (TPSA) is 110 Å².